The molecule has 0 saturated carbocycles. The number of nitrogens with zero attached hydrogens (tertiary/aromatic N) is 2. The van der Waals surface area contributed by atoms with E-state index in [4.69, 9.17) is 9.47 Å². The highest BCUT2D eigenvalue weighted by atomic mass is 32.2. The Morgan fingerprint density at radius 3 is 2.41 bits per heavy atom. The molecule has 2 aliphatic heterocycles. The van der Waals surface area contributed by atoms with Gasteiger partial charge in [-0.25, -0.2) is 0 Å². The zero-order valence-corrected chi connectivity index (χ0v) is 16.8. The smallest absolute Gasteiger partial charge is 0.245 e. The summed E-state index contributed by atoms with van der Waals surface area (Å²) in [4.78, 5) is 19.4. The van der Waals surface area contributed by atoms with Crippen LogP contribution in [0.5, 0.6) is 11.5 Å². The standard InChI is InChI=1S/C21H24N2O3S/c1-4-22(5-2)13-21(24)23-15-7-6-14(3)10-19(15)27-20-12-18-17(11-16(20)23)25-8-9-26-18/h6-7,10-12H,4-5,8-9,13H2,1-3H3. The van der Waals surface area contributed by atoms with Crippen LogP contribution in [0.2, 0.25) is 0 Å². The van der Waals surface area contributed by atoms with Crippen molar-refractivity contribution in [3.8, 4) is 11.5 Å². The van der Waals surface area contributed by atoms with Crippen molar-refractivity contribution in [1.82, 2.24) is 4.90 Å². The van der Waals surface area contributed by atoms with Gasteiger partial charge in [0.15, 0.2) is 11.5 Å². The minimum absolute atomic E-state index is 0.0713. The Kier molecular flexibility index (Phi) is 5.02. The molecule has 27 heavy (non-hydrogen) atoms. The molecule has 4 rings (SSSR count). The molecule has 2 aliphatic rings. The maximum Gasteiger partial charge on any atom is 0.245 e. The summed E-state index contributed by atoms with van der Waals surface area (Å²) in [7, 11) is 0. The molecule has 0 atom stereocenters. The quantitative estimate of drug-likeness (QED) is 0.789. The van der Waals surface area contributed by atoms with Crippen molar-refractivity contribution in [3.05, 3.63) is 35.9 Å². The Balaban J connectivity index is 1.80. The first-order valence-electron chi connectivity index (χ1n) is 9.38. The van der Waals surface area contributed by atoms with Gasteiger partial charge in [-0.05, 0) is 37.7 Å². The number of fused-ring (bicyclic) bond motifs is 3. The second kappa shape index (κ2) is 7.44. The van der Waals surface area contributed by atoms with Gasteiger partial charge in [0.05, 0.1) is 17.9 Å². The largest absolute Gasteiger partial charge is 0.486 e. The second-order valence-corrected chi connectivity index (χ2v) is 7.81. The Morgan fingerprint density at radius 2 is 1.70 bits per heavy atom. The molecule has 0 N–H and O–H groups in total. The number of ether oxygens (including phenoxy) is 2. The maximum absolute atomic E-state index is 13.3. The maximum atomic E-state index is 13.3. The average molecular weight is 385 g/mol. The summed E-state index contributed by atoms with van der Waals surface area (Å²) in [6.45, 7) is 9.39. The fraction of sp³-hybridized carbons (Fsp3) is 0.381. The molecule has 0 spiro atoms. The van der Waals surface area contributed by atoms with E-state index in [1.165, 1.54) is 5.56 Å². The molecule has 6 heteroatoms. The number of carbonyl (C=O) groups excluding carboxylic acids is 1. The fourth-order valence-electron chi connectivity index (χ4n) is 3.43. The minimum Gasteiger partial charge on any atom is -0.486 e. The number of rotatable bonds is 4. The van der Waals surface area contributed by atoms with Crippen LogP contribution in [0.4, 0.5) is 11.4 Å². The molecule has 5 nitrogen and oxygen atoms in total. The van der Waals surface area contributed by atoms with E-state index in [1.807, 2.05) is 23.1 Å². The van der Waals surface area contributed by atoms with E-state index >= 15 is 0 Å². The predicted octanol–water partition coefficient (Wildman–Crippen LogP) is 4.24. The van der Waals surface area contributed by atoms with Crippen molar-refractivity contribution in [2.24, 2.45) is 0 Å². The SMILES string of the molecule is CCN(CC)CC(=O)N1c2ccc(C)cc2Sc2cc3c(cc21)OCCO3. The molecule has 0 aromatic heterocycles. The third-order valence-corrected chi connectivity index (χ3v) is 6.04. The van der Waals surface area contributed by atoms with E-state index in [9.17, 15) is 4.79 Å². The van der Waals surface area contributed by atoms with E-state index in [1.54, 1.807) is 11.8 Å². The van der Waals surface area contributed by atoms with E-state index in [2.05, 4.69) is 37.8 Å². The van der Waals surface area contributed by atoms with Crippen molar-refractivity contribution in [1.29, 1.82) is 0 Å². The first-order chi connectivity index (χ1) is 13.1. The Morgan fingerprint density at radius 1 is 1.04 bits per heavy atom. The number of hydrogen-bond donors (Lipinski definition) is 0. The molecule has 2 aromatic carbocycles. The number of likely N-dealkylation sites (N-methyl/N-ethyl adjacent to an activating group) is 1. The molecule has 2 heterocycles. The molecule has 0 fully saturated rings. The van der Waals surface area contributed by atoms with Gasteiger partial charge < -0.3 is 9.47 Å². The summed E-state index contributed by atoms with van der Waals surface area (Å²) in [6.07, 6.45) is 0. The lowest BCUT2D eigenvalue weighted by Crippen LogP contribution is -2.39. The van der Waals surface area contributed by atoms with Gasteiger partial charge in [-0.3, -0.25) is 14.6 Å². The molecule has 0 unspecified atom stereocenters. The van der Waals surface area contributed by atoms with Crippen molar-refractivity contribution in [2.45, 2.75) is 30.6 Å². The molecule has 0 bridgehead atoms. The van der Waals surface area contributed by atoms with Crippen LogP contribution < -0.4 is 14.4 Å². The van der Waals surface area contributed by atoms with Gasteiger partial charge in [-0.1, -0.05) is 31.7 Å². The highest BCUT2D eigenvalue weighted by Crippen LogP contribution is 2.52. The van der Waals surface area contributed by atoms with E-state index in [-0.39, 0.29) is 5.91 Å². The van der Waals surface area contributed by atoms with Crippen LogP contribution in [0.1, 0.15) is 19.4 Å². The second-order valence-electron chi connectivity index (χ2n) is 6.73. The van der Waals surface area contributed by atoms with Crippen LogP contribution in [0.25, 0.3) is 0 Å². The van der Waals surface area contributed by atoms with Crippen molar-refractivity contribution >= 4 is 29.0 Å². The Labute approximate surface area is 164 Å². The monoisotopic (exact) mass is 384 g/mol. The highest BCUT2D eigenvalue weighted by Gasteiger charge is 2.31. The molecule has 0 radical (unpaired) electrons. The molecule has 0 aliphatic carbocycles. The van der Waals surface area contributed by atoms with Crippen molar-refractivity contribution < 1.29 is 14.3 Å². The third-order valence-electron chi connectivity index (χ3n) is 4.94. The Hall–Kier alpha value is -2.18. The number of anilines is 2. The van der Waals surface area contributed by atoms with Gasteiger partial charge in [0.25, 0.3) is 0 Å². The first-order valence-corrected chi connectivity index (χ1v) is 10.2. The van der Waals surface area contributed by atoms with Crippen LogP contribution in [-0.2, 0) is 4.79 Å². The molecular formula is C21H24N2O3S. The Bertz CT molecular complexity index is 880. The van der Waals surface area contributed by atoms with Crippen LogP contribution in [0.3, 0.4) is 0 Å². The van der Waals surface area contributed by atoms with Crippen molar-refractivity contribution in [2.75, 3.05) is 37.7 Å². The zero-order chi connectivity index (χ0) is 19.0. The number of carbonyl (C=O) groups is 1. The average Bonchev–Trinajstić information content (AvgIpc) is 2.68. The highest BCUT2D eigenvalue weighted by molar-refractivity contribution is 7.99. The summed E-state index contributed by atoms with van der Waals surface area (Å²) in [6, 6.07) is 10.2. The topological polar surface area (TPSA) is 42.0 Å². The van der Waals surface area contributed by atoms with Crippen LogP contribution >= 0.6 is 11.8 Å². The van der Waals surface area contributed by atoms with Crippen LogP contribution in [0.15, 0.2) is 40.1 Å². The zero-order valence-electron chi connectivity index (χ0n) is 15.9. The van der Waals surface area contributed by atoms with E-state index in [0.717, 1.165) is 40.0 Å². The van der Waals surface area contributed by atoms with Crippen molar-refractivity contribution in [3.63, 3.8) is 0 Å². The predicted molar refractivity (Wildman–Crippen MR) is 108 cm³/mol. The van der Waals surface area contributed by atoms with Crippen LogP contribution in [-0.4, -0.2) is 43.7 Å². The molecule has 1 amide bonds. The number of benzene rings is 2. The van der Waals surface area contributed by atoms with Gasteiger partial charge in [0.2, 0.25) is 5.91 Å². The van der Waals surface area contributed by atoms with E-state index < -0.39 is 0 Å². The van der Waals surface area contributed by atoms with Gasteiger partial charge in [0.1, 0.15) is 13.2 Å². The molecular weight excluding hydrogens is 360 g/mol. The summed E-state index contributed by atoms with van der Waals surface area (Å²) in [5, 5.41) is 0. The lowest BCUT2D eigenvalue weighted by molar-refractivity contribution is -0.119. The van der Waals surface area contributed by atoms with Gasteiger partial charge in [-0.2, -0.15) is 0 Å². The minimum atomic E-state index is 0.0713. The number of hydrogen-bond acceptors (Lipinski definition) is 5. The molecule has 2 aromatic rings. The van der Waals surface area contributed by atoms with Crippen LogP contribution in [0, 0.1) is 6.92 Å². The van der Waals surface area contributed by atoms with E-state index in [0.29, 0.717) is 25.5 Å². The molecule has 142 valence electrons. The lowest BCUT2D eigenvalue weighted by Gasteiger charge is -2.34. The summed E-state index contributed by atoms with van der Waals surface area (Å²) in [5.41, 5.74) is 2.99. The lowest BCUT2D eigenvalue weighted by atomic mass is 10.1. The van der Waals surface area contributed by atoms with Gasteiger partial charge in [0, 0.05) is 21.9 Å². The first kappa shape index (κ1) is 18.2. The third kappa shape index (κ3) is 3.39. The summed E-state index contributed by atoms with van der Waals surface area (Å²) >= 11 is 1.68. The van der Waals surface area contributed by atoms with Gasteiger partial charge >= 0.3 is 0 Å². The summed E-state index contributed by atoms with van der Waals surface area (Å²) < 4.78 is 11.5. The molecule has 0 saturated heterocycles. The normalized spacial score (nSPS) is 14.7. The number of amides is 1. The number of aryl methyl sites for hydroxylation is 1. The summed E-state index contributed by atoms with van der Waals surface area (Å²) in [5.74, 6) is 1.53. The van der Waals surface area contributed by atoms with Gasteiger partial charge in [-0.15, -0.1) is 0 Å². The fourth-order valence-corrected chi connectivity index (χ4v) is 4.60.